The molecule has 1 atom stereocenters. The van der Waals surface area contributed by atoms with Crippen LogP contribution in [0.3, 0.4) is 0 Å². The van der Waals surface area contributed by atoms with Gasteiger partial charge in [-0.2, -0.15) is 5.10 Å². The number of halogens is 1. The Balaban J connectivity index is 1.93. The molecule has 1 heterocycles. The lowest BCUT2D eigenvalue weighted by molar-refractivity contribution is -0.115. The van der Waals surface area contributed by atoms with E-state index in [0.717, 1.165) is 33.4 Å². The number of hydrogen-bond donors (Lipinski definition) is 1. The first kappa shape index (κ1) is 16.9. The van der Waals surface area contributed by atoms with Crippen LogP contribution in [0.4, 0.5) is 5.69 Å². The van der Waals surface area contributed by atoms with Crippen molar-refractivity contribution in [2.75, 3.05) is 5.32 Å². The molecule has 4 nitrogen and oxygen atoms in total. The lowest BCUT2D eigenvalue weighted by Crippen LogP contribution is -2.23. The number of amides is 1. The SMILES string of the molecule is Cc1nn(C)c(C)c1NC(=O)C(C)SCc1ccc(Cl)cc1. The van der Waals surface area contributed by atoms with Gasteiger partial charge in [-0.25, -0.2) is 0 Å². The van der Waals surface area contributed by atoms with Crippen LogP contribution in [0.15, 0.2) is 24.3 Å². The molecule has 22 heavy (non-hydrogen) atoms. The van der Waals surface area contributed by atoms with Crippen LogP contribution in [0.2, 0.25) is 5.02 Å². The molecule has 6 heteroatoms. The van der Waals surface area contributed by atoms with E-state index in [0.29, 0.717) is 0 Å². The largest absolute Gasteiger partial charge is 0.322 e. The zero-order valence-corrected chi connectivity index (χ0v) is 14.8. The number of hydrogen-bond acceptors (Lipinski definition) is 3. The number of aromatic nitrogens is 2. The maximum absolute atomic E-state index is 12.3. The van der Waals surface area contributed by atoms with Gasteiger partial charge in [0, 0.05) is 17.8 Å². The average Bonchev–Trinajstić information content (AvgIpc) is 2.72. The second-order valence-electron chi connectivity index (χ2n) is 5.24. The van der Waals surface area contributed by atoms with E-state index in [2.05, 4.69) is 10.4 Å². The number of carbonyl (C=O) groups excluding carboxylic acids is 1. The molecule has 0 aliphatic rings. The van der Waals surface area contributed by atoms with Gasteiger partial charge in [-0.05, 0) is 38.5 Å². The number of nitrogens with zero attached hydrogens (tertiary/aromatic N) is 2. The summed E-state index contributed by atoms with van der Waals surface area (Å²) in [6.07, 6.45) is 0. The van der Waals surface area contributed by atoms with Crippen LogP contribution in [-0.4, -0.2) is 20.9 Å². The molecule has 2 aromatic rings. The van der Waals surface area contributed by atoms with Crippen LogP contribution in [0.5, 0.6) is 0 Å². The molecule has 0 aliphatic heterocycles. The van der Waals surface area contributed by atoms with Gasteiger partial charge in [0.15, 0.2) is 0 Å². The predicted molar refractivity (Wildman–Crippen MR) is 93.5 cm³/mol. The first-order valence-corrected chi connectivity index (χ1v) is 8.48. The van der Waals surface area contributed by atoms with Gasteiger partial charge in [0.05, 0.1) is 22.3 Å². The van der Waals surface area contributed by atoms with Gasteiger partial charge in [0.1, 0.15) is 0 Å². The number of carbonyl (C=O) groups is 1. The molecule has 1 N–H and O–H groups in total. The van der Waals surface area contributed by atoms with Crippen molar-refractivity contribution < 1.29 is 4.79 Å². The predicted octanol–water partition coefficient (Wildman–Crippen LogP) is 3.95. The summed E-state index contributed by atoms with van der Waals surface area (Å²) in [6.45, 7) is 5.76. The molecule has 0 fully saturated rings. The summed E-state index contributed by atoms with van der Waals surface area (Å²) in [6, 6.07) is 7.69. The highest BCUT2D eigenvalue weighted by molar-refractivity contribution is 7.99. The van der Waals surface area contributed by atoms with Gasteiger partial charge in [0.2, 0.25) is 5.91 Å². The Morgan fingerprint density at radius 1 is 1.36 bits per heavy atom. The summed E-state index contributed by atoms with van der Waals surface area (Å²) in [5.74, 6) is 0.773. The minimum atomic E-state index is -0.144. The molecule has 0 bridgehead atoms. The maximum atomic E-state index is 12.3. The molecule has 1 aromatic heterocycles. The molecule has 2 rings (SSSR count). The van der Waals surface area contributed by atoms with E-state index < -0.39 is 0 Å². The highest BCUT2D eigenvalue weighted by atomic mass is 35.5. The molecular formula is C16H20ClN3OS. The third-order valence-electron chi connectivity index (χ3n) is 3.54. The number of thioether (sulfide) groups is 1. The second-order valence-corrected chi connectivity index (χ2v) is 7.00. The second kappa shape index (κ2) is 7.20. The van der Waals surface area contributed by atoms with Crippen molar-refractivity contribution in [1.82, 2.24) is 9.78 Å². The summed E-state index contributed by atoms with van der Waals surface area (Å²) >= 11 is 7.47. The third-order valence-corrected chi connectivity index (χ3v) is 5.01. The van der Waals surface area contributed by atoms with Gasteiger partial charge in [-0.3, -0.25) is 9.48 Å². The monoisotopic (exact) mass is 337 g/mol. The Hall–Kier alpha value is -1.46. The molecule has 1 aromatic carbocycles. The van der Waals surface area contributed by atoms with Crippen LogP contribution < -0.4 is 5.32 Å². The molecule has 0 aliphatic carbocycles. The topological polar surface area (TPSA) is 46.9 Å². The normalized spacial score (nSPS) is 12.2. The summed E-state index contributed by atoms with van der Waals surface area (Å²) in [4.78, 5) is 12.3. The highest BCUT2D eigenvalue weighted by Crippen LogP contribution is 2.23. The van der Waals surface area contributed by atoms with Gasteiger partial charge >= 0.3 is 0 Å². The van der Waals surface area contributed by atoms with E-state index in [1.165, 1.54) is 0 Å². The molecule has 0 saturated heterocycles. The van der Waals surface area contributed by atoms with Crippen molar-refractivity contribution in [3.05, 3.63) is 46.2 Å². The number of benzene rings is 1. The smallest absolute Gasteiger partial charge is 0.237 e. The van der Waals surface area contributed by atoms with E-state index in [-0.39, 0.29) is 11.2 Å². The molecular weight excluding hydrogens is 318 g/mol. The van der Waals surface area contributed by atoms with Gasteiger partial charge in [-0.15, -0.1) is 11.8 Å². The van der Waals surface area contributed by atoms with E-state index >= 15 is 0 Å². The van der Waals surface area contributed by atoms with Crippen LogP contribution in [0, 0.1) is 13.8 Å². The number of aryl methyl sites for hydroxylation is 2. The lowest BCUT2D eigenvalue weighted by atomic mass is 10.2. The van der Waals surface area contributed by atoms with Gasteiger partial charge in [0.25, 0.3) is 0 Å². The number of rotatable bonds is 5. The molecule has 0 radical (unpaired) electrons. The summed E-state index contributed by atoms with van der Waals surface area (Å²) in [7, 11) is 1.87. The van der Waals surface area contributed by atoms with Crippen molar-refractivity contribution in [3.8, 4) is 0 Å². The minimum absolute atomic E-state index is 0.00170. The van der Waals surface area contributed by atoms with Crippen LogP contribution >= 0.6 is 23.4 Å². The molecule has 0 spiro atoms. The van der Waals surface area contributed by atoms with Crippen molar-refractivity contribution in [1.29, 1.82) is 0 Å². The van der Waals surface area contributed by atoms with E-state index in [1.807, 2.05) is 52.1 Å². The quantitative estimate of drug-likeness (QED) is 0.898. The summed E-state index contributed by atoms with van der Waals surface area (Å²) < 4.78 is 1.77. The fraction of sp³-hybridized carbons (Fsp3) is 0.375. The van der Waals surface area contributed by atoms with Crippen molar-refractivity contribution >= 4 is 35.0 Å². The Labute approximate surface area is 140 Å². The number of nitrogens with one attached hydrogen (secondary N) is 1. The highest BCUT2D eigenvalue weighted by Gasteiger charge is 2.17. The molecule has 0 saturated carbocycles. The van der Waals surface area contributed by atoms with Crippen molar-refractivity contribution in [2.24, 2.45) is 7.05 Å². The van der Waals surface area contributed by atoms with E-state index in [1.54, 1.807) is 16.4 Å². The first-order valence-electron chi connectivity index (χ1n) is 7.05. The van der Waals surface area contributed by atoms with Crippen LogP contribution in [0.25, 0.3) is 0 Å². The lowest BCUT2D eigenvalue weighted by Gasteiger charge is -2.12. The number of anilines is 1. The van der Waals surface area contributed by atoms with Crippen LogP contribution in [0.1, 0.15) is 23.9 Å². The Bertz CT molecular complexity index is 667. The third kappa shape index (κ3) is 4.05. The Morgan fingerprint density at radius 3 is 2.55 bits per heavy atom. The zero-order chi connectivity index (χ0) is 16.3. The standard InChI is InChI=1S/C16H20ClN3OS/c1-10-15(11(2)20(4)19-10)18-16(21)12(3)22-9-13-5-7-14(17)8-6-13/h5-8,12H,9H2,1-4H3,(H,18,21). The van der Waals surface area contributed by atoms with Gasteiger partial charge < -0.3 is 5.32 Å². The maximum Gasteiger partial charge on any atom is 0.237 e. The molecule has 1 amide bonds. The zero-order valence-electron chi connectivity index (χ0n) is 13.2. The van der Waals surface area contributed by atoms with Crippen molar-refractivity contribution in [2.45, 2.75) is 31.8 Å². The Kier molecular flexibility index (Phi) is 5.53. The van der Waals surface area contributed by atoms with E-state index in [4.69, 9.17) is 11.6 Å². The van der Waals surface area contributed by atoms with Crippen LogP contribution in [-0.2, 0) is 17.6 Å². The average molecular weight is 338 g/mol. The summed E-state index contributed by atoms with van der Waals surface area (Å²) in [5, 5.41) is 7.87. The van der Waals surface area contributed by atoms with E-state index in [9.17, 15) is 4.79 Å². The minimum Gasteiger partial charge on any atom is -0.322 e. The Morgan fingerprint density at radius 2 is 2.00 bits per heavy atom. The van der Waals surface area contributed by atoms with Crippen molar-refractivity contribution in [3.63, 3.8) is 0 Å². The van der Waals surface area contributed by atoms with Gasteiger partial charge in [-0.1, -0.05) is 23.7 Å². The summed E-state index contributed by atoms with van der Waals surface area (Å²) in [5.41, 5.74) is 3.76. The fourth-order valence-electron chi connectivity index (χ4n) is 2.06. The molecule has 118 valence electrons. The fourth-order valence-corrected chi connectivity index (χ4v) is 3.03. The molecule has 1 unspecified atom stereocenters. The first-order chi connectivity index (χ1) is 10.4.